The van der Waals surface area contributed by atoms with Crippen molar-refractivity contribution in [1.29, 1.82) is 0 Å². The number of benzene rings is 2. The quantitative estimate of drug-likeness (QED) is 0.621. The molecular weight excluding hydrogens is 394 g/mol. The van der Waals surface area contributed by atoms with Crippen LogP contribution < -0.4 is 21.9 Å². The van der Waals surface area contributed by atoms with Crippen molar-refractivity contribution >= 4 is 17.3 Å². The third-order valence-corrected chi connectivity index (χ3v) is 4.77. The molecule has 0 bridgehead atoms. The molecule has 0 saturated heterocycles. The topological polar surface area (TPSA) is 90.3 Å². The van der Waals surface area contributed by atoms with Crippen molar-refractivity contribution in [3.63, 3.8) is 0 Å². The lowest BCUT2D eigenvalue weighted by molar-refractivity contribution is 0.0998. The maximum absolute atomic E-state index is 13.5. The fraction of sp³-hybridized carbons (Fsp3) is 0.190. The van der Waals surface area contributed by atoms with Gasteiger partial charge < -0.3 is 10.6 Å². The molecule has 0 aliphatic heterocycles. The predicted octanol–water partition coefficient (Wildman–Crippen LogP) is 1.77. The molecule has 2 N–H and O–H groups in total. The van der Waals surface area contributed by atoms with Crippen molar-refractivity contribution in [3.8, 4) is 0 Å². The lowest BCUT2D eigenvalue weighted by Gasteiger charge is -2.20. The van der Waals surface area contributed by atoms with Gasteiger partial charge in [-0.05, 0) is 17.7 Å². The molecule has 0 fully saturated rings. The van der Waals surface area contributed by atoms with Gasteiger partial charge in [0.1, 0.15) is 11.4 Å². The molecule has 9 heteroatoms. The average molecular weight is 414 g/mol. The average Bonchev–Trinajstić information content (AvgIpc) is 2.72. The Morgan fingerprint density at radius 2 is 1.73 bits per heavy atom. The molecule has 7 nitrogen and oxygen atoms in total. The van der Waals surface area contributed by atoms with Crippen molar-refractivity contribution in [2.75, 3.05) is 24.2 Å². The second kappa shape index (κ2) is 8.32. The molecule has 1 heterocycles. The number of hydrogen-bond acceptors (Lipinski definition) is 5. The Balaban J connectivity index is 1.98. The summed E-state index contributed by atoms with van der Waals surface area (Å²) < 4.78 is 28.6. The van der Waals surface area contributed by atoms with Gasteiger partial charge in [0.05, 0.1) is 13.1 Å². The lowest BCUT2D eigenvalue weighted by atomic mass is 10.1. The zero-order valence-electron chi connectivity index (χ0n) is 16.4. The fourth-order valence-corrected chi connectivity index (χ4v) is 3.07. The molecular formula is C21H20F2N4O3. The lowest BCUT2D eigenvalue weighted by Crippen LogP contribution is -2.44. The van der Waals surface area contributed by atoms with Crippen molar-refractivity contribution in [3.05, 3.63) is 92.1 Å². The minimum absolute atomic E-state index is 0.0823. The summed E-state index contributed by atoms with van der Waals surface area (Å²) in [4.78, 5) is 39.4. The summed E-state index contributed by atoms with van der Waals surface area (Å²) in [7, 11) is 2.76. The van der Waals surface area contributed by atoms with Crippen molar-refractivity contribution < 1.29 is 13.6 Å². The summed E-state index contributed by atoms with van der Waals surface area (Å²) in [6, 6.07) is 12.2. The smallest absolute Gasteiger partial charge is 0.332 e. The molecule has 30 heavy (non-hydrogen) atoms. The molecule has 2 aromatic carbocycles. The van der Waals surface area contributed by atoms with Crippen LogP contribution in [0.3, 0.4) is 0 Å². The van der Waals surface area contributed by atoms with E-state index < -0.39 is 28.7 Å². The van der Waals surface area contributed by atoms with Crippen LogP contribution in [0.2, 0.25) is 0 Å². The summed E-state index contributed by atoms with van der Waals surface area (Å²) in [6.45, 7) is -0.243. The highest BCUT2D eigenvalue weighted by atomic mass is 19.2. The number of anilines is 2. The van der Waals surface area contributed by atoms with Gasteiger partial charge in [-0.2, -0.15) is 0 Å². The van der Waals surface area contributed by atoms with Gasteiger partial charge in [0.25, 0.3) is 5.56 Å². The standard InChI is InChI=1S/C21H20F2N4O3/c1-25(14-8-9-15(22)16(23)10-14)12-17(28)18-19(24)27(21(30)26(2)20(18)29)11-13-6-4-3-5-7-13/h3-10H,11-12,24H2,1-2H3. The number of rotatable bonds is 6. The highest BCUT2D eigenvalue weighted by Crippen LogP contribution is 2.18. The minimum Gasteiger partial charge on any atom is -0.384 e. The molecule has 0 radical (unpaired) electrons. The summed E-state index contributed by atoms with van der Waals surface area (Å²) in [5, 5.41) is 0. The minimum atomic E-state index is -1.06. The second-order valence-corrected chi connectivity index (χ2v) is 6.86. The number of nitrogen functional groups attached to an aromatic ring is 1. The van der Waals surface area contributed by atoms with Gasteiger partial charge >= 0.3 is 5.69 Å². The van der Waals surface area contributed by atoms with Gasteiger partial charge in [-0.1, -0.05) is 30.3 Å². The molecule has 0 spiro atoms. The Bertz CT molecular complexity index is 1220. The first-order valence-electron chi connectivity index (χ1n) is 9.03. The monoisotopic (exact) mass is 414 g/mol. The molecule has 0 unspecified atom stereocenters. The Hall–Kier alpha value is -3.75. The third kappa shape index (κ3) is 4.00. The Morgan fingerprint density at radius 1 is 1.07 bits per heavy atom. The van der Waals surface area contributed by atoms with Crippen molar-refractivity contribution in [1.82, 2.24) is 9.13 Å². The highest BCUT2D eigenvalue weighted by molar-refractivity contribution is 6.02. The zero-order valence-corrected chi connectivity index (χ0v) is 16.4. The number of nitrogens with zero attached hydrogens (tertiary/aromatic N) is 3. The second-order valence-electron chi connectivity index (χ2n) is 6.86. The van der Waals surface area contributed by atoms with E-state index in [4.69, 9.17) is 5.73 Å². The molecule has 0 amide bonds. The van der Waals surface area contributed by atoms with Crippen LogP contribution in [0.5, 0.6) is 0 Å². The van der Waals surface area contributed by atoms with Gasteiger partial charge in [-0.3, -0.25) is 18.7 Å². The van der Waals surface area contributed by atoms with E-state index in [-0.39, 0.29) is 30.2 Å². The van der Waals surface area contributed by atoms with Crippen molar-refractivity contribution in [2.24, 2.45) is 7.05 Å². The van der Waals surface area contributed by atoms with Crippen LogP contribution in [0.25, 0.3) is 0 Å². The van der Waals surface area contributed by atoms with Crippen molar-refractivity contribution in [2.45, 2.75) is 6.54 Å². The predicted molar refractivity (Wildman–Crippen MR) is 110 cm³/mol. The van der Waals surface area contributed by atoms with E-state index in [0.717, 1.165) is 26.8 Å². The van der Waals surface area contributed by atoms with E-state index in [2.05, 4.69) is 0 Å². The maximum Gasteiger partial charge on any atom is 0.332 e. The van der Waals surface area contributed by atoms with Gasteiger partial charge in [0.15, 0.2) is 17.4 Å². The number of halogens is 2. The van der Waals surface area contributed by atoms with Gasteiger partial charge in [0, 0.05) is 25.8 Å². The first-order valence-corrected chi connectivity index (χ1v) is 9.03. The molecule has 1 aromatic heterocycles. The molecule has 3 rings (SSSR count). The van der Waals surface area contributed by atoms with Crippen LogP contribution in [0.4, 0.5) is 20.3 Å². The molecule has 156 valence electrons. The molecule has 0 aliphatic carbocycles. The number of hydrogen-bond donors (Lipinski definition) is 1. The van der Waals surface area contributed by atoms with E-state index in [0.29, 0.717) is 0 Å². The maximum atomic E-state index is 13.5. The van der Waals surface area contributed by atoms with Crippen LogP contribution >= 0.6 is 0 Å². The molecule has 3 aromatic rings. The zero-order chi connectivity index (χ0) is 22.0. The Labute approximate surface area is 170 Å². The summed E-state index contributed by atoms with van der Waals surface area (Å²) >= 11 is 0. The first kappa shape index (κ1) is 21.0. The molecule has 0 atom stereocenters. The van der Waals surface area contributed by atoms with E-state index >= 15 is 0 Å². The Morgan fingerprint density at radius 3 is 2.37 bits per heavy atom. The van der Waals surface area contributed by atoms with Crippen LogP contribution in [-0.4, -0.2) is 28.5 Å². The SMILES string of the molecule is CN(CC(=O)c1c(N)n(Cc2ccccc2)c(=O)n(C)c1=O)c1ccc(F)c(F)c1. The fourth-order valence-electron chi connectivity index (χ4n) is 3.07. The number of aromatic nitrogens is 2. The van der Waals surface area contributed by atoms with Gasteiger partial charge in [-0.15, -0.1) is 0 Å². The van der Waals surface area contributed by atoms with E-state index in [1.807, 2.05) is 6.07 Å². The van der Waals surface area contributed by atoms with Crippen LogP contribution in [-0.2, 0) is 13.6 Å². The molecule has 0 saturated carbocycles. The van der Waals surface area contributed by atoms with E-state index in [9.17, 15) is 23.2 Å². The summed E-state index contributed by atoms with van der Waals surface area (Å²) in [5.74, 6) is -2.96. The Kier molecular flexibility index (Phi) is 5.81. The number of likely N-dealkylation sites (N-methyl/N-ethyl adjacent to an activating group) is 1. The number of carbonyl (C=O) groups excluding carboxylic acids is 1. The normalized spacial score (nSPS) is 10.8. The van der Waals surface area contributed by atoms with E-state index in [1.54, 1.807) is 24.3 Å². The molecule has 0 aliphatic rings. The largest absolute Gasteiger partial charge is 0.384 e. The summed E-state index contributed by atoms with van der Waals surface area (Å²) in [6.07, 6.45) is 0. The van der Waals surface area contributed by atoms with Crippen LogP contribution in [0.1, 0.15) is 15.9 Å². The highest BCUT2D eigenvalue weighted by Gasteiger charge is 2.23. The van der Waals surface area contributed by atoms with Crippen LogP contribution in [0.15, 0.2) is 58.1 Å². The first-order chi connectivity index (χ1) is 14.2. The van der Waals surface area contributed by atoms with Gasteiger partial charge in [-0.25, -0.2) is 13.6 Å². The van der Waals surface area contributed by atoms with Crippen LogP contribution in [0, 0.1) is 11.6 Å². The number of nitrogens with two attached hydrogens (primary N) is 1. The number of Topliss-reactive ketones (excluding diaryl/α,β-unsaturated/α-hetero) is 1. The summed E-state index contributed by atoms with van der Waals surface area (Å²) in [5.41, 5.74) is 5.28. The van der Waals surface area contributed by atoms with Gasteiger partial charge in [0.2, 0.25) is 0 Å². The number of ketones is 1. The third-order valence-electron chi connectivity index (χ3n) is 4.77. The number of carbonyl (C=O) groups is 1. The van der Waals surface area contributed by atoms with E-state index in [1.165, 1.54) is 25.1 Å².